The largest absolute Gasteiger partial charge is 0.324 e. The smallest absolute Gasteiger partial charge is 0.267 e. The van der Waals surface area contributed by atoms with Crippen LogP contribution >= 0.6 is 15.9 Å². The molecular formula is C25H18BrN3O2. The number of aromatic nitrogens is 2. The fraction of sp³-hybridized carbons (Fsp3) is 0.0800. The summed E-state index contributed by atoms with van der Waals surface area (Å²) in [6.07, 6.45) is 0.853. The lowest BCUT2D eigenvalue weighted by Crippen LogP contribution is -2.29. The van der Waals surface area contributed by atoms with Gasteiger partial charge in [0.1, 0.15) is 6.54 Å². The summed E-state index contributed by atoms with van der Waals surface area (Å²) in [5.41, 5.74) is 6.83. The fourth-order valence-corrected chi connectivity index (χ4v) is 4.16. The highest BCUT2D eigenvalue weighted by atomic mass is 79.9. The number of fused-ring (bicyclic) bond motifs is 3. The molecule has 0 unspecified atom stereocenters. The van der Waals surface area contributed by atoms with Gasteiger partial charge in [-0.15, -0.1) is 0 Å². The molecule has 31 heavy (non-hydrogen) atoms. The fourth-order valence-electron chi connectivity index (χ4n) is 3.90. The molecule has 1 N–H and O–H groups in total. The number of nitrogens with zero attached hydrogens (tertiary/aromatic N) is 2. The lowest BCUT2D eigenvalue weighted by atomic mass is 10.1. The Hall–Kier alpha value is -3.51. The van der Waals surface area contributed by atoms with Gasteiger partial charge >= 0.3 is 0 Å². The molecule has 0 fully saturated rings. The van der Waals surface area contributed by atoms with Crippen LogP contribution in [0, 0.1) is 0 Å². The Balaban J connectivity index is 1.33. The number of nitrogens with one attached hydrogen (secondary N) is 1. The van der Waals surface area contributed by atoms with Gasteiger partial charge in [0.05, 0.1) is 5.69 Å². The quantitative estimate of drug-likeness (QED) is 0.406. The summed E-state index contributed by atoms with van der Waals surface area (Å²) in [6, 6.07) is 25.0. The van der Waals surface area contributed by atoms with Gasteiger partial charge in [0.25, 0.3) is 5.56 Å². The molecule has 6 heteroatoms. The van der Waals surface area contributed by atoms with Gasteiger partial charge < -0.3 is 5.32 Å². The summed E-state index contributed by atoms with van der Waals surface area (Å²) in [5.74, 6) is -0.294. The van der Waals surface area contributed by atoms with E-state index in [0.717, 1.165) is 16.5 Å². The van der Waals surface area contributed by atoms with E-state index >= 15 is 0 Å². The van der Waals surface area contributed by atoms with Crippen LogP contribution in [0.5, 0.6) is 0 Å². The van der Waals surface area contributed by atoms with Crippen molar-refractivity contribution in [3.8, 4) is 22.4 Å². The second-order valence-electron chi connectivity index (χ2n) is 7.48. The number of hydrogen-bond acceptors (Lipinski definition) is 3. The van der Waals surface area contributed by atoms with Gasteiger partial charge in [0, 0.05) is 21.8 Å². The summed E-state index contributed by atoms with van der Waals surface area (Å²) in [4.78, 5) is 24.9. The summed E-state index contributed by atoms with van der Waals surface area (Å²) in [5, 5.41) is 7.26. The first-order valence-electron chi connectivity index (χ1n) is 9.92. The maximum Gasteiger partial charge on any atom is 0.267 e. The molecule has 1 aliphatic rings. The zero-order valence-corrected chi connectivity index (χ0v) is 18.1. The van der Waals surface area contributed by atoms with Crippen molar-refractivity contribution in [2.45, 2.75) is 13.0 Å². The van der Waals surface area contributed by atoms with Crippen LogP contribution in [-0.4, -0.2) is 15.7 Å². The molecule has 0 atom stereocenters. The van der Waals surface area contributed by atoms with Crippen LogP contribution in [0.25, 0.3) is 22.4 Å². The average Bonchev–Trinajstić information content (AvgIpc) is 3.13. The van der Waals surface area contributed by atoms with Crippen LogP contribution < -0.4 is 10.9 Å². The van der Waals surface area contributed by atoms with E-state index in [9.17, 15) is 9.59 Å². The van der Waals surface area contributed by atoms with Crippen molar-refractivity contribution in [1.82, 2.24) is 9.78 Å². The molecule has 1 heterocycles. The molecule has 1 aliphatic carbocycles. The van der Waals surface area contributed by atoms with Gasteiger partial charge in [0.15, 0.2) is 0 Å². The van der Waals surface area contributed by atoms with Crippen LogP contribution in [0.4, 0.5) is 5.69 Å². The van der Waals surface area contributed by atoms with Gasteiger partial charge in [-0.05, 0) is 59.0 Å². The first kappa shape index (κ1) is 19.5. The maximum absolute atomic E-state index is 12.6. The average molecular weight is 472 g/mol. The van der Waals surface area contributed by atoms with Crippen molar-refractivity contribution in [3.05, 3.63) is 105 Å². The van der Waals surface area contributed by atoms with Crippen LogP contribution in [0.3, 0.4) is 0 Å². The SMILES string of the molecule is O=C(Cn1nc(-c2ccc(Br)cc2)ccc1=O)Nc1ccc2c(c1)Cc1ccccc1-2. The molecule has 0 saturated heterocycles. The van der Waals surface area contributed by atoms with Gasteiger partial charge in [-0.1, -0.05) is 58.4 Å². The molecule has 0 radical (unpaired) electrons. The molecule has 0 aliphatic heterocycles. The highest BCUT2D eigenvalue weighted by Gasteiger charge is 2.18. The van der Waals surface area contributed by atoms with Crippen molar-refractivity contribution in [2.24, 2.45) is 0 Å². The Kier molecular flexibility index (Phi) is 5.00. The van der Waals surface area contributed by atoms with Gasteiger partial charge in [-0.3, -0.25) is 9.59 Å². The van der Waals surface area contributed by atoms with E-state index < -0.39 is 0 Å². The number of carbonyl (C=O) groups is 1. The van der Waals surface area contributed by atoms with E-state index in [1.54, 1.807) is 6.07 Å². The van der Waals surface area contributed by atoms with E-state index in [2.05, 4.69) is 38.5 Å². The maximum atomic E-state index is 12.6. The number of hydrogen-bond donors (Lipinski definition) is 1. The van der Waals surface area contributed by atoms with Crippen LogP contribution in [-0.2, 0) is 17.8 Å². The summed E-state index contributed by atoms with van der Waals surface area (Å²) in [6.45, 7) is -0.152. The summed E-state index contributed by atoms with van der Waals surface area (Å²) in [7, 11) is 0. The molecule has 1 aromatic heterocycles. The molecular weight excluding hydrogens is 454 g/mol. The lowest BCUT2D eigenvalue weighted by Gasteiger charge is -2.10. The first-order valence-corrected chi connectivity index (χ1v) is 10.7. The minimum Gasteiger partial charge on any atom is -0.324 e. The van der Waals surface area contributed by atoms with Crippen LogP contribution in [0.15, 0.2) is 88.1 Å². The molecule has 0 saturated carbocycles. The molecule has 5 nitrogen and oxygen atoms in total. The summed E-state index contributed by atoms with van der Waals surface area (Å²) < 4.78 is 2.15. The minimum atomic E-state index is -0.319. The molecule has 5 rings (SSSR count). The van der Waals surface area contributed by atoms with E-state index in [0.29, 0.717) is 11.4 Å². The lowest BCUT2D eigenvalue weighted by molar-refractivity contribution is -0.117. The van der Waals surface area contributed by atoms with Crippen LogP contribution in [0.2, 0.25) is 0 Å². The Labute approximate surface area is 187 Å². The third kappa shape index (κ3) is 3.94. The zero-order chi connectivity index (χ0) is 21.4. The van der Waals surface area contributed by atoms with Gasteiger partial charge in [-0.25, -0.2) is 4.68 Å². The predicted molar refractivity (Wildman–Crippen MR) is 125 cm³/mol. The Bertz CT molecular complexity index is 1360. The molecule has 4 aromatic rings. The summed E-state index contributed by atoms with van der Waals surface area (Å²) >= 11 is 3.41. The standard InChI is InChI=1S/C25H18BrN3O2/c26-19-7-5-16(6-8-19)23-11-12-25(31)29(28-23)15-24(30)27-20-9-10-22-18(14-20)13-17-3-1-2-4-21(17)22/h1-12,14H,13,15H2,(H,27,30). The van der Waals surface area contributed by atoms with Gasteiger partial charge in [0.2, 0.25) is 5.91 Å². The minimum absolute atomic E-state index is 0.152. The van der Waals surface area contributed by atoms with Crippen molar-refractivity contribution in [1.29, 1.82) is 0 Å². The zero-order valence-electron chi connectivity index (χ0n) is 16.5. The van der Waals surface area contributed by atoms with Crippen molar-refractivity contribution >= 4 is 27.5 Å². The monoisotopic (exact) mass is 471 g/mol. The predicted octanol–water partition coefficient (Wildman–Crippen LogP) is 4.88. The number of anilines is 1. The number of carbonyl (C=O) groups excluding carboxylic acids is 1. The normalized spacial score (nSPS) is 11.6. The van der Waals surface area contributed by atoms with E-state index in [1.807, 2.05) is 54.6 Å². The number of benzene rings is 3. The Morgan fingerprint density at radius 3 is 2.55 bits per heavy atom. The topological polar surface area (TPSA) is 64.0 Å². The van der Waals surface area contributed by atoms with E-state index in [4.69, 9.17) is 0 Å². The second-order valence-corrected chi connectivity index (χ2v) is 8.39. The first-order chi connectivity index (χ1) is 15.1. The molecule has 0 bridgehead atoms. The van der Waals surface area contributed by atoms with Crippen LogP contribution in [0.1, 0.15) is 11.1 Å². The number of halogens is 1. The van der Waals surface area contributed by atoms with Crippen molar-refractivity contribution < 1.29 is 4.79 Å². The third-order valence-electron chi connectivity index (χ3n) is 5.38. The molecule has 0 spiro atoms. The highest BCUT2D eigenvalue weighted by Crippen LogP contribution is 2.37. The van der Waals surface area contributed by atoms with Crippen molar-refractivity contribution in [2.75, 3.05) is 5.32 Å². The Morgan fingerprint density at radius 2 is 1.71 bits per heavy atom. The third-order valence-corrected chi connectivity index (χ3v) is 5.91. The number of amides is 1. The molecule has 1 amide bonds. The van der Waals surface area contributed by atoms with E-state index in [-0.39, 0.29) is 18.0 Å². The molecule has 3 aromatic carbocycles. The number of rotatable bonds is 4. The molecule has 152 valence electrons. The van der Waals surface area contributed by atoms with Crippen molar-refractivity contribution in [3.63, 3.8) is 0 Å². The van der Waals surface area contributed by atoms with E-state index in [1.165, 1.54) is 33.0 Å². The highest BCUT2D eigenvalue weighted by molar-refractivity contribution is 9.10. The second kappa shape index (κ2) is 7.96. The Morgan fingerprint density at radius 1 is 0.935 bits per heavy atom. The van der Waals surface area contributed by atoms with Gasteiger partial charge in [-0.2, -0.15) is 5.10 Å².